The molecule has 100 valence electrons. The lowest BCUT2D eigenvalue weighted by Crippen LogP contribution is -2.15. The number of ether oxygens (including phenoxy) is 3. The van der Waals surface area contributed by atoms with Gasteiger partial charge in [0.1, 0.15) is 11.5 Å². The Balaban J connectivity index is 3.44. The number of aliphatic hydroxyl groups is 1. The van der Waals surface area contributed by atoms with Crippen molar-refractivity contribution in [1.82, 2.24) is 0 Å². The van der Waals surface area contributed by atoms with Crippen molar-refractivity contribution in [3.05, 3.63) is 23.3 Å². The van der Waals surface area contributed by atoms with E-state index in [1.807, 2.05) is 0 Å². The lowest BCUT2D eigenvalue weighted by Gasteiger charge is -2.18. The predicted octanol–water partition coefficient (Wildman–Crippen LogP) is 0.968. The van der Waals surface area contributed by atoms with Crippen molar-refractivity contribution >= 4 is 5.97 Å². The standard InChI is InChI=1S/C12H16O6/c1-16-6-7-8(17-2)4-5-9(18-3)10(7)11(13)12(14)15/h4-5,11,13H,6H2,1-3H3,(H,14,15). The van der Waals surface area contributed by atoms with Crippen LogP contribution in [-0.4, -0.2) is 37.5 Å². The van der Waals surface area contributed by atoms with Crippen molar-refractivity contribution in [3.63, 3.8) is 0 Å². The molecule has 1 aromatic carbocycles. The van der Waals surface area contributed by atoms with Crippen LogP contribution < -0.4 is 9.47 Å². The highest BCUT2D eigenvalue weighted by Crippen LogP contribution is 2.35. The summed E-state index contributed by atoms with van der Waals surface area (Å²) in [5, 5.41) is 18.7. The summed E-state index contributed by atoms with van der Waals surface area (Å²) in [5.74, 6) is -0.649. The second-order valence-corrected chi connectivity index (χ2v) is 3.54. The molecule has 1 aromatic rings. The minimum Gasteiger partial charge on any atom is -0.496 e. The first-order chi connectivity index (χ1) is 8.56. The average Bonchev–Trinajstić information content (AvgIpc) is 2.37. The fourth-order valence-corrected chi connectivity index (χ4v) is 1.71. The molecule has 0 saturated carbocycles. The van der Waals surface area contributed by atoms with Gasteiger partial charge in [0.25, 0.3) is 0 Å². The Labute approximate surface area is 105 Å². The van der Waals surface area contributed by atoms with E-state index in [9.17, 15) is 9.90 Å². The van der Waals surface area contributed by atoms with Gasteiger partial charge in [-0.25, -0.2) is 4.79 Å². The molecule has 0 spiro atoms. The molecule has 0 aliphatic heterocycles. The highest BCUT2D eigenvalue weighted by Gasteiger charge is 2.26. The molecule has 0 heterocycles. The second kappa shape index (κ2) is 6.23. The van der Waals surface area contributed by atoms with Crippen LogP contribution in [-0.2, 0) is 16.1 Å². The van der Waals surface area contributed by atoms with E-state index in [-0.39, 0.29) is 17.9 Å². The number of carboxylic acid groups (broad SMARTS) is 1. The first-order valence-corrected chi connectivity index (χ1v) is 5.20. The number of hydrogen-bond donors (Lipinski definition) is 2. The van der Waals surface area contributed by atoms with Crippen LogP contribution in [0, 0.1) is 0 Å². The molecule has 6 nitrogen and oxygen atoms in total. The number of methoxy groups -OCH3 is 3. The molecule has 1 rings (SSSR count). The molecule has 0 saturated heterocycles. The Morgan fingerprint density at radius 3 is 2.22 bits per heavy atom. The van der Waals surface area contributed by atoms with Crippen LogP contribution in [0.25, 0.3) is 0 Å². The third-order valence-corrected chi connectivity index (χ3v) is 2.51. The number of benzene rings is 1. The zero-order chi connectivity index (χ0) is 13.7. The van der Waals surface area contributed by atoms with E-state index in [1.165, 1.54) is 21.3 Å². The summed E-state index contributed by atoms with van der Waals surface area (Å²) in [5.41, 5.74) is 0.598. The second-order valence-electron chi connectivity index (χ2n) is 3.54. The van der Waals surface area contributed by atoms with Crippen molar-refractivity contribution in [3.8, 4) is 11.5 Å². The maximum absolute atomic E-state index is 10.9. The van der Waals surface area contributed by atoms with Crippen molar-refractivity contribution in [2.45, 2.75) is 12.7 Å². The summed E-state index contributed by atoms with van der Waals surface area (Å²) < 4.78 is 15.2. The van der Waals surface area contributed by atoms with Gasteiger partial charge >= 0.3 is 5.97 Å². The number of hydrogen-bond acceptors (Lipinski definition) is 5. The molecule has 18 heavy (non-hydrogen) atoms. The van der Waals surface area contributed by atoms with Gasteiger partial charge in [-0.15, -0.1) is 0 Å². The quantitative estimate of drug-likeness (QED) is 0.788. The zero-order valence-corrected chi connectivity index (χ0v) is 10.5. The summed E-state index contributed by atoms with van der Waals surface area (Å²) in [6.45, 7) is 0.111. The summed E-state index contributed by atoms with van der Waals surface area (Å²) in [4.78, 5) is 10.9. The van der Waals surface area contributed by atoms with Crippen molar-refractivity contribution in [2.75, 3.05) is 21.3 Å². The van der Waals surface area contributed by atoms with E-state index in [4.69, 9.17) is 19.3 Å². The van der Waals surface area contributed by atoms with Gasteiger partial charge in [-0.2, -0.15) is 0 Å². The van der Waals surface area contributed by atoms with E-state index < -0.39 is 12.1 Å². The number of rotatable bonds is 6. The van der Waals surface area contributed by atoms with Gasteiger partial charge in [-0.1, -0.05) is 0 Å². The Morgan fingerprint density at radius 2 is 1.78 bits per heavy atom. The third-order valence-electron chi connectivity index (χ3n) is 2.51. The third kappa shape index (κ3) is 2.72. The summed E-state index contributed by atoms with van der Waals surface area (Å²) in [6.07, 6.45) is -1.69. The van der Waals surface area contributed by atoms with Crippen molar-refractivity contribution in [1.29, 1.82) is 0 Å². The van der Waals surface area contributed by atoms with Gasteiger partial charge in [0.15, 0.2) is 6.10 Å². The van der Waals surface area contributed by atoms with Gasteiger partial charge in [0.05, 0.1) is 20.8 Å². The zero-order valence-electron chi connectivity index (χ0n) is 10.5. The summed E-state index contributed by atoms with van der Waals surface area (Å²) in [7, 11) is 4.32. The summed E-state index contributed by atoms with van der Waals surface area (Å²) in [6, 6.07) is 3.17. The van der Waals surface area contributed by atoms with Crippen LogP contribution in [0.1, 0.15) is 17.2 Å². The molecule has 0 bridgehead atoms. The highest BCUT2D eigenvalue weighted by molar-refractivity contribution is 5.76. The largest absolute Gasteiger partial charge is 0.496 e. The first-order valence-electron chi connectivity index (χ1n) is 5.20. The average molecular weight is 256 g/mol. The molecule has 6 heteroatoms. The molecular formula is C12H16O6. The van der Waals surface area contributed by atoms with Crippen molar-refractivity contribution < 1.29 is 29.2 Å². The Hall–Kier alpha value is -1.79. The number of aliphatic hydroxyl groups excluding tert-OH is 1. The lowest BCUT2D eigenvalue weighted by atomic mass is 10.00. The fourth-order valence-electron chi connectivity index (χ4n) is 1.71. The van der Waals surface area contributed by atoms with Gasteiger partial charge in [0, 0.05) is 18.2 Å². The molecule has 1 unspecified atom stereocenters. The lowest BCUT2D eigenvalue weighted by molar-refractivity contribution is -0.147. The highest BCUT2D eigenvalue weighted by atomic mass is 16.5. The minimum absolute atomic E-state index is 0.111. The minimum atomic E-state index is -1.69. The van der Waals surface area contributed by atoms with Crippen LogP contribution in [0.4, 0.5) is 0 Å². The maximum atomic E-state index is 10.9. The summed E-state index contributed by atoms with van der Waals surface area (Å²) >= 11 is 0. The Kier molecular flexibility index (Phi) is 4.94. The van der Waals surface area contributed by atoms with Gasteiger partial charge in [-0.05, 0) is 12.1 Å². The molecule has 0 aromatic heterocycles. The molecule has 0 aliphatic rings. The van der Waals surface area contributed by atoms with Crippen LogP contribution in [0.2, 0.25) is 0 Å². The van der Waals surface area contributed by atoms with E-state index in [2.05, 4.69) is 0 Å². The van der Waals surface area contributed by atoms with Gasteiger partial charge in [0.2, 0.25) is 0 Å². The van der Waals surface area contributed by atoms with E-state index >= 15 is 0 Å². The SMILES string of the molecule is COCc1c(OC)ccc(OC)c1C(O)C(=O)O. The normalized spacial score (nSPS) is 12.0. The number of carbonyl (C=O) groups is 1. The smallest absolute Gasteiger partial charge is 0.337 e. The predicted molar refractivity (Wildman–Crippen MR) is 62.9 cm³/mol. The Bertz CT molecular complexity index is 429. The molecule has 0 aliphatic carbocycles. The van der Waals surface area contributed by atoms with E-state index in [0.717, 1.165) is 0 Å². The number of carboxylic acids is 1. The van der Waals surface area contributed by atoms with E-state index in [0.29, 0.717) is 11.3 Å². The van der Waals surface area contributed by atoms with Gasteiger partial charge in [-0.3, -0.25) is 0 Å². The van der Waals surface area contributed by atoms with Crippen LogP contribution in [0.5, 0.6) is 11.5 Å². The number of aliphatic carboxylic acids is 1. The molecule has 1 atom stereocenters. The first kappa shape index (κ1) is 14.3. The fraction of sp³-hybridized carbons (Fsp3) is 0.417. The Morgan fingerprint density at radius 1 is 1.22 bits per heavy atom. The maximum Gasteiger partial charge on any atom is 0.337 e. The monoisotopic (exact) mass is 256 g/mol. The van der Waals surface area contributed by atoms with Crippen LogP contribution >= 0.6 is 0 Å². The van der Waals surface area contributed by atoms with Crippen LogP contribution in [0.15, 0.2) is 12.1 Å². The molecule has 2 N–H and O–H groups in total. The molecular weight excluding hydrogens is 240 g/mol. The molecule has 0 fully saturated rings. The molecule has 0 radical (unpaired) electrons. The van der Waals surface area contributed by atoms with Crippen molar-refractivity contribution in [2.24, 2.45) is 0 Å². The van der Waals surface area contributed by atoms with E-state index in [1.54, 1.807) is 12.1 Å². The van der Waals surface area contributed by atoms with Crippen LogP contribution in [0.3, 0.4) is 0 Å². The van der Waals surface area contributed by atoms with Gasteiger partial charge < -0.3 is 24.4 Å². The topological polar surface area (TPSA) is 85.2 Å². The molecule has 0 amide bonds.